The predicted molar refractivity (Wildman–Crippen MR) is 90.9 cm³/mol. The van der Waals surface area contributed by atoms with Crippen molar-refractivity contribution in [1.82, 2.24) is 15.0 Å². The van der Waals surface area contributed by atoms with Gasteiger partial charge in [-0.3, -0.25) is 4.98 Å². The molecule has 2 aromatic heterocycles. The molecule has 24 heavy (non-hydrogen) atoms. The third kappa shape index (κ3) is 3.55. The number of ether oxygens (including phenoxy) is 1. The van der Waals surface area contributed by atoms with Crippen molar-refractivity contribution in [3.8, 4) is 11.4 Å². The molecular weight excluding hydrogens is 304 g/mol. The Balaban J connectivity index is 1.89. The average Bonchev–Trinajstić information content (AvgIpc) is 2.63. The zero-order valence-electron chi connectivity index (χ0n) is 13.1. The summed E-state index contributed by atoms with van der Waals surface area (Å²) in [5.41, 5.74) is 1.91. The van der Waals surface area contributed by atoms with Gasteiger partial charge in [0, 0.05) is 24.2 Å². The van der Waals surface area contributed by atoms with Gasteiger partial charge in [0.15, 0.2) is 5.82 Å². The van der Waals surface area contributed by atoms with Crippen LogP contribution in [0.5, 0.6) is 0 Å². The van der Waals surface area contributed by atoms with E-state index < -0.39 is 0 Å². The molecule has 0 unspecified atom stereocenters. The summed E-state index contributed by atoms with van der Waals surface area (Å²) >= 11 is 0. The van der Waals surface area contributed by atoms with Crippen molar-refractivity contribution in [1.29, 1.82) is 0 Å². The van der Waals surface area contributed by atoms with Crippen LogP contribution in [0.2, 0.25) is 0 Å². The van der Waals surface area contributed by atoms with Crippen molar-refractivity contribution in [3.63, 3.8) is 0 Å². The number of rotatable bonds is 5. The second-order valence-corrected chi connectivity index (χ2v) is 4.90. The molecule has 6 nitrogen and oxygen atoms in total. The Kier molecular flexibility index (Phi) is 4.76. The minimum Gasteiger partial charge on any atom is -0.462 e. The SMILES string of the molecule is CCOC(=O)c1ccccc1Nc1ccnc(-c2cccnc2)n1. The van der Waals surface area contributed by atoms with Crippen LogP contribution in [0.25, 0.3) is 11.4 Å². The fourth-order valence-corrected chi connectivity index (χ4v) is 2.18. The first-order chi connectivity index (χ1) is 11.8. The summed E-state index contributed by atoms with van der Waals surface area (Å²) in [6.45, 7) is 2.10. The fraction of sp³-hybridized carbons (Fsp3) is 0.111. The van der Waals surface area contributed by atoms with Crippen LogP contribution in [0.15, 0.2) is 61.1 Å². The van der Waals surface area contributed by atoms with Gasteiger partial charge in [-0.05, 0) is 37.3 Å². The summed E-state index contributed by atoms with van der Waals surface area (Å²) in [5.74, 6) is 0.768. The van der Waals surface area contributed by atoms with Gasteiger partial charge in [0.05, 0.1) is 17.9 Å². The molecule has 0 radical (unpaired) electrons. The number of anilines is 2. The van der Waals surface area contributed by atoms with Crippen LogP contribution < -0.4 is 5.32 Å². The summed E-state index contributed by atoms with van der Waals surface area (Å²) in [6, 6.07) is 12.6. The summed E-state index contributed by atoms with van der Waals surface area (Å²) < 4.78 is 5.08. The fourth-order valence-electron chi connectivity index (χ4n) is 2.18. The van der Waals surface area contributed by atoms with Crippen molar-refractivity contribution >= 4 is 17.5 Å². The standard InChI is InChI=1S/C18H16N4O2/c1-2-24-18(23)14-7-3-4-8-15(14)21-16-9-11-20-17(22-16)13-6-5-10-19-12-13/h3-12H,2H2,1H3,(H,20,21,22). The molecule has 0 fully saturated rings. The Morgan fingerprint density at radius 2 is 2.00 bits per heavy atom. The van der Waals surface area contributed by atoms with Crippen molar-refractivity contribution in [2.45, 2.75) is 6.92 Å². The summed E-state index contributed by atoms with van der Waals surface area (Å²) in [6.07, 6.45) is 5.05. The smallest absolute Gasteiger partial charge is 0.340 e. The zero-order valence-corrected chi connectivity index (χ0v) is 13.1. The summed E-state index contributed by atoms with van der Waals surface area (Å²) in [5, 5.41) is 3.15. The van der Waals surface area contributed by atoms with E-state index in [2.05, 4.69) is 20.3 Å². The van der Waals surface area contributed by atoms with Gasteiger partial charge in [-0.15, -0.1) is 0 Å². The third-order valence-electron chi connectivity index (χ3n) is 3.26. The lowest BCUT2D eigenvalue weighted by Gasteiger charge is -2.11. The van der Waals surface area contributed by atoms with Gasteiger partial charge in [-0.25, -0.2) is 14.8 Å². The first-order valence-electron chi connectivity index (χ1n) is 7.54. The lowest BCUT2D eigenvalue weighted by molar-refractivity contribution is 0.0527. The number of hydrogen-bond acceptors (Lipinski definition) is 6. The van der Waals surface area contributed by atoms with Gasteiger partial charge in [-0.1, -0.05) is 12.1 Å². The molecule has 0 atom stereocenters. The average molecular weight is 320 g/mol. The van der Waals surface area contributed by atoms with Crippen LogP contribution in [0.3, 0.4) is 0 Å². The molecule has 1 aromatic carbocycles. The highest BCUT2D eigenvalue weighted by Crippen LogP contribution is 2.22. The molecule has 0 aliphatic carbocycles. The third-order valence-corrected chi connectivity index (χ3v) is 3.26. The Bertz CT molecular complexity index is 837. The number of pyridine rings is 1. The van der Waals surface area contributed by atoms with Gasteiger partial charge in [0.25, 0.3) is 0 Å². The maximum absolute atomic E-state index is 12.0. The summed E-state index contributed by atoms with van der Waals surface area (Å²) in [4.78, 5) is 24.8. The Morgan fingerprint density at radius 3 is 2.79 bits per heavy atom. The molecular formula is C18H16N4O2. The first kappa shape index (κ1) is 15.6. The number of nitrogens with one attached hydrogen (secondary N) is 1. The van der Waals surface area contributed by atoms with Gasteiger partial charge < -0.3 is 10.1 Å². The Hall–Kier alpha value is -3.28. The van der Waals surface area contributed by atoms with E-state index in [0.29, 0.717) is 29.5 Å². The van der Waals surface area contributed by atoms with Gasteiger partial charge in [0.2, 0.25) is 0 Å². The van der Waals surface area contributed by atoms with Crippen molar-refractivity contribution in [3.05, 3.63) is 66.6 Å². The highest BCUT2D eigenvalue weighted by atomic mass is 16.5. The first-order valence-corrected chi connectivity index (χ1v) is 7.54. The molecule has 0 saturated carbocycles. The zero-order chi connectivity index (χ0) is 16.8. The predicted octanol–water partition coefficient (Wildman–Crippen LogP) is 3.46. The van der Waals surface area contributed by atoms with E-state index in [9.17, 15) is 4.79 Å². The van der Waals surface area contributed by atoms with Gasteiger partial charge in [-0.2, -0.15) is 0 Å². The molecule has 0 aliphatic rings. The summed E-state index contributed by atoms with van der Waals surface area (Å²) in [7, 11) is 0. The monoisotopic (exact) mass is 320 g/mol. The topological polar surface area (TPSA) is 77.0 Å². The molecule has 0 aliphatic heterocycles. The lowest BCUT2D eigenvalue weighted by Crippen LogP contribution is -2.08. The van der Waals surface area contributed by atoms with E-state index in [1.54, 1.807) is 49.8 Å². The number of hydrogen-bond donors (Lipinski definition) is 1. The van der Waals surface area contributed by atoms with Gasteiger partial charge >= 0.3 is 5.97 Å². The van der Waals surface area contributed by atoms with E-state index in [-0.39, 0.29) is 5.97 Å². The van der Waals surface area contributed by atoms with Crippen molar-refractivity contribution < 1.29 is 9.53 Å². The van der Waals surface area contributed by atoms with Crippen LogP contribution in [-0.2, 0) is 4.74 Å². The molecule has 2 heterocycles. The molecule has 0 bridgehead atoms. The number of nitrogens with zero attached hydrogens (tertiary/aromatic N) is 3. The maximum Gasteiger partial charge on any atom is 0.340 e. The highest BCUT2D eigenvalue weighted by molar-refractivity contribution is 5.96. The molecule has 3 aromatic rings. The van der Waals surface area contributed by atoms with Crippen LogP contribution in [0.1, 0.15) is 17.3 Å². The number of carbonyl (C=O) groups excluding carboxylic acids is 1. The lowest BCUT2D eigenvalue weighted by atomic mass is 10.2. The number of carbonyl (C=O) groups is 1. The van der Waals surface area contributed by atoms with E-state index in [1.807, 2.05) is 18.2 Å². The molecule has 120 valence electrons. The van der Waals surface area contributed by atoms with Crippen LogP contribution in [0, 0.1) is 0 Å². The maximum atomic E-state index is 12.0. The van der Waals surface area contributed by atoms with Crippen molar-refractivity contribution in [2.75, 3.05) is 11.9 Å². The van der Waals surface area contributed by atoms with E-state index in [1.165, 1.54) is 0 Å². The molecule has 1 N–H and O–H groups in total. The Morgan fingerprint density at radius 1 is 1.12 bits per heavy atom. The minimum absolute atomic E-state index is 0.325. The highest BCUT2D eigenvalue weighted by Gasteiger charge is 2.12. The van der Waals surface area contributed by atoms with E-state index >= 15 is 0 Å². The van der Waals surface area contributed by atoms with E-state index in [4.69, 9.17) is 4.74 Å². The number of para-hydroxylation sites is 1. The van der Waals surface area contributed by atoms with E-state index in [0.717, 1.165) is 5.56 Å². The van der Waals surface area contributed by atoms with Crippen molar-refractivity contribution in [2.24, 2.45) is 0 Å². The van der Waals surface area contributed by atoms with Crippen LogP contribution in [-0.4, -0.2) is 27.5 Å². The molecule has 0 spiro atoms. The number of aromatic nitrogens is 3. The molecule has 0 saturated heterocycles. The Labute approximate surface area is 139 Å². The largest absolute Gasteiger partial charge is 0.462 e. The van der Waals surface area contributed by atoms with Gasteiger partial charge in [0.1, 0.15) is 5.82 Å². The van der Waals surface area contributed by atoms with Crippen LogP contribution in [0.4, 0.5) is 11.5 Å². The molecule has 0 amide bonds. The second kappa shape index (κ2) is 7.32. The number of esters is 1. The second-order valence-electron chi connectivity index (χ2n) is 4.90. The quantitative estimate of drug-likeness (QED) is 0.725. The van der Waals surface area contributed by atoms with Crippen LogP contribution >= 0.6 is 0 Å². The molecule has 3 rings (SSSR count). The normalized spacial score (nSPS) is 10.2. The minimum atomic E-state index is -0.373. The number of benzene rings is 1. The molecule has 6 heteroatoms.